The fraction of sp³-hybridized carbons (Fsp3) is 0.429. The van der Waals surface area contributed by atoms with Crippen LogP contribution in [0.4, 0.5) is 11.4 Å². The molecule has 0 fully saturated rings. The zero-order chi connectivity index (χ0) is 23.8. The van der Waals surface area contributed by atoms with Crippen molar-refractivity contribution in [3.8, 4) is 0 Å². The summed E-state index contributed by atoms with van der Waals surface area (Å²) < 4.78 is 4.46. The van der Waals surface area contributed by atoms with Crippen LogP contribution in [0.25, 0.3) is 0 Å². The van der Waals surface area contributed by atoms with Crippen LogP contribution in [0.3, 0.4) is 0 Å². The monoisotopic (exact) mass is 445 g/mol. The molecule has 0 spiro atoms. The number of fused-ring (bicyclic) bond motifs is 1. The Morgan fingerprint density at radius 3 is 2.50 bits per heavy atom. The first-order valence-electron chi connectivity index (χ1n) is 10.1. The number of benzene rings is 1. The van der Waals surface area contributed by atoms with Gasteiger partial charge in [0.1, 0.15) is 6.54 Å². The molecular weight excluding hydrogens is 418 g/mol. The van der Waals surface area contributed by atoms with E-state index in [1.807, 2.05) is 0 Å². The number of anilines is 2. The maximum atomic E-state index is 13.1. The van der Waals surface area contributed by atoms with Crippen LogP contribution in [0.15, 0.2) is 18.2 Å². The van der Waals surface area contributed by atoms with Crippen molar-refractivity contribution in [3.63, 3.8) is 0 Å². The van der Waals surface area contributed by atoms with Crippen molar-refractivity contribution in [2.24, 2.45) is 5.73 Å². The van der Waals surface area contributed by atoms with Gasteiger partial charge in [-0.1, -0.05) is 0 Å². The van der Waals surface area contributed by atoms with Gasteiger partial charge in [0.05, 0.1) is 23.5 Å². The van der Waals surface area contributed by atoms with E-state index in [1.54, 1.807) is 12.1 Å². The van der Waals surface area contributed by atoms with Gasteiger partial charge in [0.25, 0.3) is 5.91 Å². The van der Waals surface area contributed by atoms with Gasteiger partial charge in [0, 0.05) is 39.0 Å². The highest BCUT2D eigenvalue weighted by Crippen LogP contribution is 2.28. The van der Waals surface area contributed by atoms with Crippen LogP contribution in [0.5, 0.6) is 0 Å². The number of nitrogens with two attached hydrogens (primary N) is 1. The van der Waals surface area contributed by atoms with Gasteiger partial charge in [-0.15, -0.1) is 0 Å². The summed E-state index contributed by atoms with van der Waals surface area (Å²) >= 11 is 0. The van der Waals surface area contributed by atoms with Gasteiger partial charge in [-0.25, -0.2) is 0 Å². The molecule has 0 saturated heterocycles. The molecule has 1 aromatic rings. The zero-order valence-corrected chi connectivity index (χ0v) is 18.1. The molecule has 11 heteroatoms. The summed E-state index contributed by atoms with van der Waals surface area (Å²) in [6, 6.07) is 4.66. The summed E-state index contributed by atoms with van der Waals surface area (Å²) in [6.45, 7) is 0.759. The van der Waals surface area contributed by atoms with Gasteiger partial charge in [0.2, 0.25) is 11.8 Å². The van der Waals surface area contributed by atoms with Gasteiger partial charge in [-0.05, 0) is 31.0 Å². The highest BCUT2D eigenvalue weighted by molar-refractivity contribution is 6.10. The molecule has 2 rings (SSSR count). The predicted molar refractivity (Wildman–Crippen MR) is 116 cm³/mol. The average molecular weight is 445 g/mol. The average Bonchev–Trinajstić information content (AvgIpc) is 2.80. The third kappa shape index (κ3) is 6.89. The van der Waals surface area contributed by atoms with Crippen LogP contribution < -0.4 is 16.0 Å². The van der Waals surface area contributed by atoms with Crippen LogP contribution in [0.1, 0.15) is 49.4 Å². The number of carbonyl (C=O) groups excluding carboxylic acids is 5. The number of amides is 3. The fourth-order valence-corrected chi connectivity index (χ4v) is 3.17. The number of hydrogen-bond donors (Lipinski definition) is 3. The molecule has 172 valence electrons. The molecule has 11 nitrogen and oxygen atoms in total. The first kappa shape index (κ1) is 24.5. The second kappa shape index (κ2) is 11.0. The highest BCUT2D eigenvalue weighted by Gasteiger charge is 2.30. The van der Waals surface area contributed by atoms with Crippen LogP contribution in [-0.4, -0.2) is 60.5 Å². The minimum Gasteiger partial charge on any atom is -0.393 e. The van der Waals surface area contributed by atoms with Gasteiger partial charge < -0.3 is 25.6 Å². The van der Waals surface area contributed by atoms with Gasteiger partial charge in [0.15, 0.2) is 0 Å². The van der Waals surface area contributed by atoms with E-state index in [4.69, 9.17) is 11.1 Å². The van der Waals surface area contributed by atoms with E-state index in [2.05, 4.69) is 10.1 Å². The number of hydrogen-bond acceptors (Lipinski definition) is 7. The van der Waals surface area contributed by atoms with Gasteiger partial charge in [-0.2, -0.15) is 0 Å². The van der Waals surface area contributed by atoms with Crippen LogP contribution in [0.2, 0.25) is 0 Å². The molecule has 1 aliphatic rings. The lowest BCUT2D eigenvalue weighted by atomic mass is 10.1. The molecule has 1 heterocycles. The predicted octanol–water partition coefficient (Wildman–Crippen LogP) is 1.02. The number of nitrogens with zero attached hydrogens (tertiary/aromatic N) is 2. The summed E-state index contributed by atoms with van der Waals surface area (Å²) in [4.78, 5) is 62.8. The number of amidine groups is 1. The Kier molecular flexibility index (Phi) is 8.45. The van der Waals surface area contributed by atoms with Crippen LogP contribution in [-0.2, 0) is 23.9 Å². The molecule has 0 atom stereocenters. The third-order valence-electron chi connectivity index (χ3n) is 4.80. The minimum absolute atomic E-state index is 0.0763. The van der Waals surface area contributed by atoms with E-state index in [9.17, 15) is 24.0 Å². The Hall–Kier alpha value is -3.76. The van der Waals surface area contributed by atoms with Crippen molar-refractivity contribution in [2.45, 2.75) is 39.0 Å². The summed E-state index contributed by atoms with van der Waals surface area (Å²) in [5.74, 6) is -2.54. The Bertz CT molecular complexity index is 945. The van der Waals surface area contributed by atoms with Crippen molar-refractivity contribution in [2.75, 3.05) is 30.4 Å². The number of likely N-dealkylation sites (N-methyl/N-ethyl adjacent to an activating group) is 1. The van der Waals surface area contributed by atoms with Crippen molar-refractivity contribution in [1.29, 1.82) is 5.41 Å². The molecule has 3 amide bonds. The Balaban J connectivity index is 2.12. The molecule has 1 aliphatic heterocycles. The lowest BCUT2D eigenvalue weighted by molar-refractivity contribution is -0.158. The Morgan fingerprint density at radius 1 is 1.16 bits per heavy atom. The van der Waals surface area contributed by atoms with Gasteiger partial charge in [-0.3, -0.25) is 29.4 Å². The van der Waals surface area contributed by atoms with E-state index < -0.39 is 17.8 Å². The quantitative estimate of drug-likeness (QED) is 0.168. The Morgan fingerprint density at radius 2 is 1.84 bits per heavy atom. The molecule has 0 unspecified atom stereocenters. The number of ether oxygens (including phenoxy) is 1. The Labute approximate surface area is 185 Å². The maximum absolute atomic E-state index is 13.1. The lowest BCUT2D eigenvalue weighted by Gasteiger charge is -2.19. The fourth-order valence-electron chi connectivity index (χ4n) is 3.17. The molecule has 32 heavy (non-hydrogen) atoms. The minimum atomic E-state index is -0.790. The molecule has 0 radical (unpaired) electrons. The molecule has 0 aliphatic carbocycles. The van der Waals surface area contributed by atoms with E-state index in [1.165, 1.54) is 22.9 Å². The number of esters is 2. The van der Waals surface area contributed by atoms with E-state index >= 15 is 0 Å². The summed E-state index contributed by atoms with van der Waals surface area (Å²) in [5, 5.41) is 9.91. The smallest absolute Gasteiger partial charge is 0.315 e. The first-order valence-corrected chi connectivity index (χ1v) is 10.1. The normalized spacial score (nSPS) is 13.3. The second-order valence-corrected chi connectivity index (χ2v) is 7.41. The third-order valence-corrected chi connectivity index (χ3v) is 4.80. The summed E-state index contributed by atoms with van der Waals surface area (Å²) in [5.41, 5.74) is 6.27. The largest absolute Gasteiger partial charge is 0.393 e. The van der Waals surface area contributed by atoms with Crippen molar-refractivity contribution >= 4 is 46.9 Å². The van der Waals surface area contributed by atoms with Crippen LogP contribution in [0, 0.1) is 5.41 Å². The highest BCUT2D eigenvalue weighted by atomic mass is 16.6. The van der Waals surface area contributed by atoms with Gasteiger partial charge >= 0.3 is 11.9 Å². The van der Waals surface area contributed by atoms with Crippen molar-refractivity contribution < 1.29 is 28.7 Å². The molecule has 0 saturated carbocycles. The lowest BCUT2D eigenvalue weighted by Crippen LogP contribution is -2.39. The second-order valence-electron chi connectivity index (χ2n) is 7.41. The maximum Gasteiger partial charge on any atom is 0.315 e. The first-order chi connectivity index (χ1) is 15.1. The van der Waals surface area contributed by atoms with Crippen molar-refractivity contribution in [3.05, 3.63) is 23.8 Å². The van der Waals surface area contributed by atoms with E-state index in [0.717, 1.165) is 6.92 Å². The summed E-state index contributed by atoms with van der Waals surface area (Å²) in [7, 11) is 1.54. The zero-order valence-electron chi connectivity index (χ0n) is 18.1. The van der Waals surface area contributed by atoms with E-state index in [-0.39, 0.29) is 49.1 Å². The number of rotatable bonds is 9. The van der Waals surface area contributed by atoms with Crippen LogP contribution >= 0.6 is 0 Å². The summed E-state index contributed by atoms with van der Waals surface area (Å²) in [6.07, 6.45) is 1.61. The standard InChI is InChI=1S/C21H27N5O6/c1-13(27)32-20(30)9-10-26-12-19(29)25(2)16-8-7-14(11-15(16)21(26)31)24-18(28)6-4-3-5-17(22)23/h7-8,11H,3-6,9-10,12H2,1-2H3,(H3,22,23)(H,24,28). The molecule has 0 aromatic heterocycles. The topological polar surface area (TPSA) is 163 Å². The van der Waals surface area contributed by atoms with E-state index in [0.29, 0.717) is 30.6 Å². The molecule has 1 aromatic carbocycles. The number of unbranched alkanes of at least 4 members (excludes halogenated alkanes) is 1. The van der Waals surface area contributed by atoms with Crippen molar-refractivity contribution in [1.82, 2.24) is 4.90 Å². The number of nitrogens with one attached hydrogen (secondary N) is 2. The molecule has 0 bridgehead atoms. The molecule has 4 N–H and O–H groups in total. The SMILES string of the molecule is CC(=O)OC(=O)CCN1CC(=O)N(C)c2ccc(NC(=O)CCCCC(=N)N)cc2C1=O. The number of carbonyl (C=O) groups is 5. The molecular formula is C21H27N5O6.